The van der Waals surface area contributed by atoms with Crippen molar-refractivity contribution in [2.75, 3.05) is 6.61 Å². The fraction of sp³-hybridized carbons (Fsp3) is 0.133. The van der Waals surface area contributed by atoms with Crippen molar-refractivity contribution in [1.82, 2.24) is 0 Å². The summed E-state index contributed by atoms with van der Waals surface area (Å²) in [4.78, 5) is 11.9. The van der Waals surface area contributed by atoms with E-state index in [4.69, 9.17) is 4.74 Å². The van der Waals surface area contributed by atoms with Gasteiger partial charge in [0.15, 0.2) is 5.78 Å². The second-order valence-electron chi connectivity index (χ2n) is 4.33. The predicted octanol–water partition coefficient (Wildman–Crippen LogP) is 5.30. The molecule has 21 heavy (non-hydrogen) atoms. The first-order valence-corrected chi connectivity index (χ1v) is 8.37. The van der Waals surface area contributed by atoms with Gasteiger partial charge in [0.1, 0.15) is 18.2 Å². The lowest BCUT2D eigenvalue weighted by Crippen LogP contribution is -2.14. The van der Waals surface area contributed by atoms with Crippen LogP contribution in [0, 0.1) is 5.82 Å². The minimum absolute atomic E-state index is 0.0454. The average Bonchev–Trinajstić information content (AvgIpc) is 2.40. The van der Waals surface area contributed by atoms with Crippen molar-refractivity contribution in [3.05, 3.63) is 61.2 Å². The lowest BCUT2D eigenvalue weighted by molar-refractivity contribution is -0.120. The first-order chi connectivity index (χ1) is 9.95. The van der Waals surface area contributed by atoms with Crippen molar-refractivity contribution in [2.24, 2.45) is 0 Å². The molecule has 0 aliphatic carbocycles. The molecule has 0 bridgehead atoms. The summed E-state index contributed by atoms with van der Waals surface area (Å²) in [7, 11) is 0. The van der Waals surface area contributed by atoms with Gasteiger partial charge in [0.05, 0.1) is 8.95 Å². The second-order valence-corrected chi connectivity index (χ2v) is 6.95. The van der Waals surface area contributed by atoms with Crippen LogP contribution < -0.4 is 4.74 Å². The molecule has 110 valence electrons. The number of benzene rings is 2. The maximum Gasteiger partial charge on any atom is 0.174 e. The van der Waals surface area contributed by atoms with Gasteiger partial charge in [-0.3, -0.25) is 4.79 Å². The van der Waals surface area contributed by atoms with E-state index in [1.807, 2.05) is 12.1 Å². The minimum atomic E-state index is -0.315. The van der Waals surface area contributed by atoms with Gasteiger partial charge in [-0.05, 0) is 61.7 Å². The second kappa shape index (κ2) is 7.51. The number of Topliss-reactive ketones (excluding diaryl/α,β-unsaturated/α-hetero) is 1. The third kappa shape index (κ3) is 4.90. The molecule has 0 amide bonds. The van der Waals surface area contributed by atoms with Gasteiger partial charge >= 0.3 is 0 Å². The molecule has 2 rings (SSSR count). The number of halogens is 4. The standard InChI is InChI=1S/C15H10Br3FO2/c16-10-6-13(17)15(14(18)7-10)21-8-12(20)5-9-1-3-11(19)4-2-9/h1-4,6-7H,5,8H2. The molecule has 0 fully saturated rings. The third-order valence-corrected chi connectivity index (χ3v) is 4.29. The van der Waals surface area contributed by atoms with E-state index >= 15 is 0 Å². The van der Waals surface area contributed by atoms with Crippen LogP contribution >= 0.6 is 47.8 Å². The number of carbonyl (C=O) groups excluding carboxylic acids is 1. The highest BCUT2D eigenvalue weighted by Crippen LogP contribution is 2.36. The van der Waals surface area contributed by atoms with Crippen LogP contribution in [0.4, 0.5) is 4.39 Å². The molecule has 6 heteroatoms. The van der Waals surface area contributed by atoms with Crippen molar-refractivity contribution in [3.8, 4) is 5.75 Å². The Balaban J connectivity index is 1.97. The Labute approximate surface area is 147 Å². The quantitative estimate of drug-likeness (QED) is 0.580. The van der Waals surface area contributed by atoms with Crippen molar-refractivity contribution in [3.63, 3.8) is 0 Å². The highest BCUT2D eigenvalue weighted by Gasteiger charge is 2.11. The van der Waals surface area contributed by atoms with E-state index in [-0.39, 0.29) is 24.6 Å². The van der Waals surface area contributed by atoms with E-state index in [9.17, 15) is 9.18 Å². The molecule has 2 aromatic rings. The van der Waals surface area contributed by atoms with E-state index in [0.717, 1.165) is 19.0 Å². The normalized spacial score (nSPS) is 10.5. The molecule has 0 saturated carbocycles. The summed E-state index contributed by atoms with van der Waals surface area (Å²) >= 11 is 10.1. The Morgan fingerprint density at radius 3 is 2.19 bits per heavy atom. The number of hydrogen-bond acceptors (Lipinski definition) is 2. The zero-order valence-corrected chi connectivity index (χ0v) is 15.5. The van der Waals surface area contributed by atoms with Crippen molar-refractivity contribution in [2.45, 2.75) is 6.42 Å². The fourth-order valence-corrected chi connectivity index (χ4v) is 4.19. The minimum Gasteiger partial charge on any atom is -0.483 e. The number of carbonyl (C=O) groups is 1. The Morgan fingerprint density at radius 1 is 1.05 bits per heavy atom. The van der Waals surface area contributed by atoms with Gasteiger partial charge in [-0.1, -0.05) is 28.1 Å². The van der Waals surface area contributed by atoms with E-state index in [1.54, 1.807) is 12.1 Å². The predicted molar refractivity (Wildman–Crippen MR) is 90.1 cm³/mol. The van der Waals surface area contributed by atoms with E-state index in [2.05, 4.69) is 47.8 Å². The third-order valence-electron chi connectivity index (χ3n) is 2.66. The van der Waals surface area contributed by atoms with E-state index < -0.39 is 0 Å². The van der Waals surface area contributed by atoms with Crippen molar-refractivity contribution in [1.29, 1.82) is 0 Å². The Morgan fingerprint density at radius 2 is 1.62 bits per heavy atom. The van der Waals surface area contributed by atoms with Crippen LogP contribution in [0.3, 0.4) is 0 Å². The highest BCUT2D eigenvalue weighted by atomic mass is 79.9. The fourth-order valence-electron chi connectivity index (χ4n) is 1.70. The zero-order chi connectivity index (χ0) is 15.4. The van der Waals surface area contributed by atoms with Crippen LogP contribution in [-0.4, -0.2) is 12.4 Å². The summed E-state index contributed by atoms with van der Waals surface area (Å²) in [5, 5.41) is 0. The summed E-state index contributed by atoms with van der Waals surface area (Å²) < 4.78 is 20.7. The molecule has 0 aliphatic heterocycles. The zero-order valence-electron chi connectivity index (χ0n) is 10.7. The molecule has 0 heterocycles. The number of rotatable bonds is 5. The van der Waals surface area contributed by atoms with Crippen LogP contribution in [0.15, 0.2) is 49.8 Å². The van der Waals surface area contributed by atoms with Crippen LogP contribution in [0.1, 0.15) is 5.56 Å². The molecular weight excluding hydrogens is 471 g/mol. The number of ketones is 1. The molecule has 0 N–H and O–H groups in total. The molecule has 2 aromatic carbocycles. The Kier molecular flexibility index (Phi) is 5.96. The molecular formula is C15H10Br3FO2. The average molecular weight is 481 g/mol. The topological polar surface area (TPSA) is 26.3 Å². The maximum atomic E-state index is 12.8. The summed E-state index contributed by atoms with van der Waals surface area (Å²) in [6.45, 7) is -0.0454. The monoisotopic (exact) mass is 478 g/mol. The van der Waals surface area contributed by atoms with Gasteiger partial charge in [-0.2, -0.15) is 0 Å². The summed E-state index contributed by atoms with van der Waals surface area (Å²) in [5.74, 6) is 0.180. The SMILES string of the molecule is O=C(COc1c(Br)cc(Br)cc1Br)Cc1ccc(F)cc1. The molecule has 0 unspecified atom stereocenters. The van der Waals surface area contributed by atoms with Crippen LogP contribution in [0.2, 0.25) is 0 Å². The first kappa shape index (κ1) is 16.6. The largest absolute Gasteiger partial charge is 0.483 e. The van der Waals surface area contributed by atoms with Gasteiger partial charge in [-0.25, -0.2) is 4.39 Å². The Hall–Kier alpha value is -0.720. The maximum absolute atomic E-state index is 12.8. The molecule has 0 atom stereocenters. The van der Waals surface area contributed by atoms with Gasteiger partial charge in [0, 0.05) is 10.9 Å². The summed E-state index contributed by atoms with van der Waals surface area (Å²) in [6.07, 6.45) is 0.214. The number of ether oxygens (including phenoxy) is 1. The Bertz CT molecular complexity index is 633. The smallest absolute Gasteiger partial charge is 0.174 e. The van der Waals surface area contributed by atoms with E-state index in [0.29, 0.717) is 5.75 Å². The van der Waals surface area contributed by atoms with Gasteiger partial charge < -0.3 is 4.74 Å². The molecule has 0 radical (unpaired) electrons. The molecule has 0 spiro atoms. The highest BCUT2D eigenvalue weighted by molar-refractivity contribution is 9.11. The molecule has 0 saturated heterocycles. The lowest BCUT2D eigenvalue weighted by Gasteiger charge is -2.10. The van der Waals surface area contributed by atoms with Crippen molar-refractivity contribution < 1.29 is 13.9 Å². The lowest BCUT2D eigenvalue weighted by atomic mass is 10.1. The summed E-state index contributed by atoms with van der Waals surface area (Å²) in [6, 6.07) is 9.54. The van der Waals surface area contributed by atoms with Gasteiger partial charge in [-0.15, -0.1) is 0 Å². The molecule has 0 aliphatic rings. The van der Waals surface area contributed by atoms with Gasteiger partial charge in [0.25, 0.3) is 0 Å². The molecule has 0 aromatic heterocycles. The number of hydrogen-bond donors (Lipinski definition) is 0. The van der Waals surface area contributed by atoms with Crippen LogP contribution in [0.5, 0.6) is 5.75 Å². The first-order valence-electron chi connectivity index (χ1n) is 5.99. The van der Waals surface area contributed by atoms with Crippen LogP contribution in [-0.2, 0) is 11.2 Å². The van der Waals surface area contributed by atoms with E-state index in [1.165, 1.54) is 12.1 Å². The van der Waals surface area contributed by atoms with Crippen LogP contribution in [0.25, 0.3) is 0 Å². The van der Waals surface area contributed by atoms with Gasteiger partial charge in [0.2, 0.25) is 0 Å². The summed E-state index contributed by atoms with van der Waals surface area (Å²) in [5.41, 5.74) is 0.763. The van der Waals surface area contributed by atoms with Crippen molar-refractivity contribution >= 4 is 53.6 Å². The molecule has 2 nitrogen and oxygen atoms in total.